The van der Waals surface area contributed by atoms with Crippen molar-refractivity contribution < 1.29 is 19.1 Å². The average molecular weight is 338 g/mol. The summed E-state index contributed by atoms with van der Waals surface area (Å²) in [6.45, 7) is 4.26. The number of aromatic carboxylic acids is 1. The normalized spacial score (nSPS) is 10.9. The molecule has 1 aromatic heterocycles. The van der Waals surface area contributed by atoms with Crippen LogP contribution in [0.2, 0.25) is 0 Å². The fourth-order valence-corrected chi connectivity index (χ4v) is 2.48. The lowest BCUT2D eigenvalue weighted by atomic mass is 10.0. The molecule has 0 aliphatic carbocycles. The smallest absolute Gasteiger partial charge is 0.339 e. The maximum Gasteiger partial charge on any atom is 0.339 e. The number of carbonyl (C=O) groups is 1. The molecule has 0 amide bonds. The highest BCUT2D eigenvalue weighted by Gasteiger charge is 2.16. The van der Waals surface area contributed by atoms with Crippen LogP contribution in [0, 0.1) is 0 Å². The first-order chi connectivity index (χ1) is 12.0. The molecule has 128 valence electrons. The van der Waals surface area contributed by atoms with E-state index in [1.54, 1.807) is 12.1 Å². The van der Waals surface area contributed by atoms with Crippen molar-refractivity contribution in [3.63, 3.8) is 0 Å². The summed E-state index contributed by atoms with van der Waals surface area (Å²) in [5.41, 5.74) is 2.61. The number of methoxy groups -OCH3 is 1. The Morgan fingerprint density at radius 3 is 2.20 bits per heavy atom. The third kappa shape index (κ3) is 3.38. The van der Waals surface area contributed by atoms with Crippen LogP contribution in [-0.2, 0) is 0 Å². The van der Waals surface area contributed by atoms with Crippen molar-refractivity contribution in [1.29, 1.82) is 0 Å². The Balaban J connectivity index is 1.93. The molecule has 0 saturated heterocycles. The van der Waals surface area contributed by atoms with Crippen molar-refractivity contribution in [2.45, 2.75) is 19.8 Å². The lowest BCUT2D eigenvalue weighted by molar-refractivity contribution is 0.0693. The van der Waals surface area contributed by atoms with Crippen LogP contribution in [0.5, 0.6) is 5.75 Å². The van der Waals surface area contributed by atoms with Gasteiger partial charge in [-0.1, -0.05) is 26.0 Å². The van der Waals surface area contributed by atoms with Gasteiger partial charge in [0.1, 0.15) is 11.3 Å². The SMILES string of the molecule is COc1ccc(-c2nnc(-c3ccc(C(C)C)cc3)o2)cc1C(=O)O. The average Bonchev–Trinajstić information content (AvgIpc) is 3.11. The molecule has 3 rings (SSSR count). The number of aromatic nitrogens is 2. The van der Waals surface area contributed by atoms with Crippen molar-refractivity contribution in [3.05, 3.63) is 53.6 Å². The second kappa shape index (κ2) is 6.76. The predicted molar refractivity (Wildman–Crippen MR) is 92.8 cm³/mol. The van der Waals surface area contributed by atoms with Crippen molar-refractivity contribution in [3.8, 4) is 28.7 Å². The van der Waals surface area contributed by atoms with E-state index >= 15 is 0 Å². The zero-order valence-corrected chi connectivity index (χ0v) is 14.2. The molecular weight excluding hydrogens is 320 g/mol. The molecule has 1 heterocycles. The van der Waals surface area contributed by atoms with Crippen molar-refractivity contribution >= 4 is 5.97 Å². The topological polar surface area (TPSA) is 85.5 Å². The Bertz CT molecular complexity index is 898. The Labute approximate surface area is 145 Å². The summed E-state index contributed by atoms with van der Waals surface area (Å²) in [6.07, 6.45) is 0. The van der Waals surface area contributed by atoms with E-state index < -0.39 is 5.97 Å². The van der Waals surface area contributed by atoms with E-state index in [2.05, 4.69) is 24.0 Å². The van der Waals surface area contributed by atoms with Gasteiger partial charge in [0.15, 0.2) is 0 Å². The van der Waals surface area contributed by atoms with Crippen LogP contribution in [0.1, 0.15) is 35.7 Å². The van der Waals surface area contributed by atoms with Gasteiger partial charge < -0.3 is 14.3 Å². The third-order valence-corrected chi connectivity index (χ3v) is 3.93. The van der Waals surface area contributed by atoms with Gasteiger partial charge in [0.05, 0.1) is 7.11 Å². The second-order valence-corrected chi connectivity index (χ2v) is 5.91. The summed E-state index contributed by atoms with van der Waals surface area (Å²) in [4.78, 5) is 11.3. The van der Waals surface area contributed by atoms with Gasteiger partial charge in [-0.2, -0.15) is 0 Å². The van der Waals surface area contributed by atoms with Crippen LogP contribution in [0.3, 0.4) is 0 Å². The van der Waals surface area contributed by atoms with E-state index in [0.717, 1.165) is 5.56 Å². The number of rotatable bonds is 5. The first kappa shape index (κ1) is 16.7. The zero-order valence-electron chi connectivity index (χ0n) is 14.2. The van der Waals surface area contributed by atoms with E-state index in [1.807, 2.05) is 24.3 Å². The van der Waals surface area contributed by atoms with Gasteiger partial charge in [-0.3, -0.25) is 0 Å². The summed E-state index contributed by atoms with van der Waals surface area (Å²) >= 11 is 0. The van der Waals surface area contributed by atoms with Gasteiger partial charge in [0, 0.05) is 11.1 Å². The minimum absolute atomic E-state index is 0.0426. The summed E-state index contributed by atoms with van der Waals surface area (Å²) in [6, 6.07) is 12.6. The quantitative estimate of drug-likeness (QED) is 0.749. The molecule has 0 aliphatic rings. The number of carboxylic acid groups (broad SMARTS) is 1. The molecule has 3 aromatic rings. The van der Waals surface area contributed by atoms with E-state index in [0.29, 0.717) is 17.4 Å². The number of nitrogens with zero attached hydrogens (tertiary/aromatic N) is 2. The second-order valence-electron chi connectivity index (χ2n) is 5.91. The number of benzene rings is 2. The minimum atomic E-state index is -1.08. The van der Waals surface area contributed by atoms with Gasteiger partial charge in [-0.25, -0.2) is 4.79 Å². The maximum absolute atomic E-state index is 11.3. The standard InChI is InChI=1S/C19H18N2O4/c1-11(2)12-4-6-13(7-5-12)17-20-21-18(25-17)14-8-9-16(24-3)15(10-14)19(22)23/h4-11H,1-3H3,(H,22,23). The molecule has 0 unspecified atom stereocenters. The Morgan fingerprint density at radius 1 is 1.04 bits per heavy atom. The largest absolute Gasteiger partial charge is 0.496 e. The van der Waals surface area contributed by atoms with Gasteiger partial charge >= 0.3 is 5.97 Å². The highest BCUT2D eigenvalue weighted by molar-refractivity contribution is 5.92. The minimum Gasteiger partial charge on any atom is -0.496 e. The summed E-state index contributed by atoms with van der Waals surface area (Å²) in [7, 11) is 1.42. The summed E-state index contributed by atoms with van der Waals surface area (Å²) < 4.78 is 10.8. The highest BCUT2D eigenvalue weighted by atomic mass is 16.5. The molecular formula is C19H18N2O4. The fraction of sp³-hybridized carbons (Fsp3) is 0.211. The first-order valence-corrected chi connectivity index (χ1v) is 7.85. The molecule has 0 saturated carbocycles. The molecule has 6 heteroatoms. The molecule has 1 N–H and O–H groups in total. The molecule has 0 atom stereocenters. The monoisotopic (exact) mass is 338 g/mol. The number of carboxylic acids is 1. The highest BCUT2D eigenvalue weighted by Crippen LogP contribution is 2.28. The molecule has 0 aliphatic heterocycles. The third-order valence-electron chi connectivity index (χ3n) is 3.93. The van der Waals surface area contributed by atoms with Crippen LogP contribution >= 0.6 is 0 Å². The zero-order chi connectivity index (χ0) is 18.0. The number of ether oxygens (including phenoxy) is 1. The molecule has 0 spiro atoms. The van der Waals surface area contributed by atoms with Crippen molar-refractivity contribution in [2.75, 3.05) is 7.11 Å². The lowest BCUT2D eigenvalue weighted by Crippen LogP contribution is -2.00. The van der Waals surface area contributed by atoms with E-state index in [4.69, 9.17) is 9.15 Å². The molecule has 0 radical (unpaired) electrons. The molecule has 2 aromatic carbocycles. The lowest BCUT2D eigenvalue weighted by Gasteiger charge is -2.05. The van der Waals surface area contributed by atoms with E-state index in [-0.39, 0.29) is 17.2 Å². The number of hydrogen-bond acceptors (Lipinski definition) is 5. The molecule has 6 nitrogen and oxygen atoms in total. The van der Waals surface area contributed by atoms with Crippen LogP contribution in [0.25, 0.3) is 22.9 Å². The van der Waals surface area contributed by atoms with Gasteiger partial charge in [-0.05, 0) is 41.8 Å². The van der Waals surface area contributed by atoms with Crippen molar-refractivity contribution in [2.24, 2.45) is 0 Å². The van der Waals surface area contributed by atoms with Crippen LogP contribution < -0.4 is 4.74 Å². The molecule has 0 bridgehead atoms. The van der Waals surface area contributed by atoms with Crippen LogP contribution in [0.4, 0.5) is 0 Å². The van der Waals surface area contributed by atoms with E-state index in [1.165, 1.54) is 18.7 Å². The molecule has 0 fully saturated rings. The summed E-state index contributed by atoms with van der Waals surface area (Å²) in [5.74, 6) is 0.287. The van der Waals surface area contributed by atoms with Crippen molar-refractivity contribution in [1.82, 2.24) is 10.2 Å². The summed E-state index contributed by atoms with van der Waals surface area (Å²) in [5, 5.41) is 17.4. The maximum atomic E-state index is 11.3. The van der Waals surface area contributed by atoms with Crippen LogP contribution in [-0.4, -0.2) is 28.4 Å². The number of hydrogen-bond donors (Lipinski definition) is 1. The fourth-order valence-electron chi connectivity index (χ4n) is 2.48. The van der Waals surface area contributed by atoms with Gasteiger partial charge in [-0.15, -0.1) is 10.2 Å². The molecule has 25 heavy (non-hydrogen) atoms. The Morgan fingerprint density at radius 2 is 1.64 bits per heavy atom. The Kier molecular flexibility index (Phi) is 4.52. The van der Waals surface area contributed by atoms with Crippen LogP contribution in [0.15, 0.2) is 46.9 Å². The van der Waals surface area contributed by atoms with E-state index in [9.17, 15) is 9.90 Å². The Hall–Kier alpha value is -3.15. The van der Waals surface area contributed by atoms with Gasteiger partial charge in [0.2, 0.25) is 11.8 Å². The predicted octanol–water partition coefficient (Wildman–Crippen LogP) is 4.23. The van der Waals surface area contributed by atoms with Gasteiger partial charge in [0.25, 0.3) is 0 Å². The first-order valence-electron chi connectivity index (χ1n) is 7.85.